The van der Waals surface area contributed by atoms with Crippen molar-refractivity contribution < 1.29 is 0 Å². The minimum atomic E-state index is 0.341. The average molecular weight is 1130 g/mol. The highest BCUT2D eigenvalue weighted by molar-refractivity contribution is 7.71. The first-order chi connectivity index (χ1) is 37.6. The van der Waals surface area contributed by atoms with E-state index in [1.54, 1.807) is 6.33 Å². The number of H-pyrrole nitrogens is 9. The standard InChI is InChI=1S/4C13H16N2S.C13H16N2/c4*1-8-5-4-6-11(9(8)2)10(3)12-7-14-13(16)15-12;1-9-5-4-6-12(10(9)2)11(3)13-7-14-8-15-13/h4*4-7,10H,1-3H3,(H2,14,15,16);4-8,11H,1-3H3,(H,14,15)/t4*10-;11-/m00000/s1. The Balaban J connectivity index is 0.000000160. The summed E-state index contributed by atoms with van der Waals surface area (Å²) in [6.45, 7) is 32.5. The molecule has 14 heteroatoms. The van der Waals surface area contributed by atoms with Gasteiger partial charge in [0, 0.05) is 89.0 Å². The van der Waals surface area contributed by atoms with Crippen LogP contribution in [0.2, 0.25) is 0 Å². The van der Waals surface area contributed by atoms with Crippen molar-refractivity contribution in [3.63, 3.8) is 0 Å². The van der Waals surface area contributed by atoms with Gasteiger partial charge in [0.2, 0.25) is 0 Å². The Labute approximate surface area is 488 Å². The molecule has 5 aromatic carbocycles. The number of benzene rings is 5. The van der Waals surface area contributed by atoms with E-state index in [4.69, 9.17) is 48.9 Å². The minimum absolute atomic E-state index is 0.341. The maximum absolute atomic E-state index is 5.05. The first-order valence-corrected chi connectivity index (χ1v) is 28.6. The number of aromatic nitrogens is 10. The van der Waals surface area contributed by atoms with Crippen LogP contribution >= 0.6 is 48.9 Å². The molecule has 0 aliphatic rings. The van der Waals surface area contributed by atoms with E-state index in [9.17, 15) is 0 Å². The average Bonchev–Trinajstić information content (AvgIpc) is 4.32. The second-order valence-corrected chi connectivity index (χ2v) is 22.5. The van der Waals surface area contributed by atoms with E-state index in [1.165, 1.54) is 89.1 Å². The van der Waals surface area contributed by atoms with Gasteiger partial charge in [0.05, 0.1) is 6.33 Å². The third-order valence-corrected chi connectivity index (χ3v) is 16.8. The zero-order valence-electron chi connectivity index (χ0n) is 48.6. The predicted octanol–water partition coefficient (Wildman–Crippen LogP) is 18.5. The van der Waals surface area contributed by atoms with E-state index in [2.05, 4.69) is 245 Å². The third-order valence-electron chi connectivity index (χ3n) is 15.9. The van der Waals surface area contributed by atoms with Crippen molar-refractivity contribution in [2.75, 3.05) is 0 Å². The van der Waals surface area contributed by atoms with Gasteiger partial charge in [-0.2, -0.15) is 0 Å². The molecule has 0 aliphatic carbocycles. The second kappa shape index (κ2) is 28.3. The van der Waals surface area contributed by atoms with Crippen molar-refractivity contribution in [2.45, 2.75) is 133 Å². The van der Waals surface area contributed by atoms with Gasteiger partial charge < -0.3 is 44.9 Å². The van der Waals surface area contributed by atoms with Gasteiger partial charge in [0.15, 0.2) is 19.1 Å². The molecule has 10 rings (SSSR count). The van der Waals surface area contributed by atoms with Crippen molar-refractivity contribution in [1.29, 1.82) is 0 Å². The normalized spacial score (nSPS) is 12.7. The van der Waals surface area contributed by atoms with Crippen molar-refractivity contribution in [3.05, 3.63) is 259 Å². The van der Waals surface area contributed by atoms with E-state index in [0.717, 1.165) is 22.8 Å². The number of nitrogens with zero attached hydrogens (tertiary/aromatic N) is 1. The lowest BCUT2D eigenvalue weighted by atomic mass is 9.92. The molecular weight excluding hydrogens is 1050 g/mol. The molecule has 0 spiro atoms. The molecule has 10 aromatic rings. The minimum Gasteiger partial charge on any atom is -0.348 e. The molecule has 79 heavy (non-hydrogen) atoms. The summed E-state index contributed by atoms with van der Waals surface area (Å²) in [6.07, 6.45) is 11.4. The van der Waals surface area contributed by atoms with Crippen LogP contribution in [0.25, 0.3) is 0 Å². The van der Waals surface area contributed by atoms with Crippen molar-refractivity contribution in [3.8, 4) is 0 Å². The highest BCUT2D eigenvalue weighted by Gasteiger charge is 2.17. The molecule has 0 radical (unpaired) electrons. The molecule has 0 amide bonds. The van der Waals surface area contributed by atoms with E-state index in [1.807, 2.05) is 31.0 Å². The van der Waals surface area contributed by atoms with Crippen LogP contribution < -0.4 is 0 Å². The maximum Gasteiger partial charge on any atom is 0.174 e. The Hall–Kier alpha value is -6.97. The number of aromatic amines is 9. The van der Waals surface area contributed by atoms with Crippen LogP contribution in [0.4, 0.5) is 0 Å². The van der Waals surface area contributed by atoms with Crippen LogP contribution in [-0.2, 0) is 0 Å². The highest BCUT2D eigenvalue weighted by atomic mass is 32.1. The summed E-state index contributed by atoms with van der Waals surface area (Å²) in [6, 6.07) is 32.2. The molecule has 10 nitrogen and oxygen atoms in total. The molecule has 0 saturated carbocycles. The molecule has 0 unspecified atom stereocenters. The third kappa shape index (κ3) is 15.9. The number of hydrogen-bond donors (Lipinski definition) is 9. The van der Waals surface area contributed by atoms with Gasteiger partial charge in [0.1, 0.15) is 0 Å². The lowest BCUT2D eigenvalue weighted by molar-refractivity contribution is 0.869. The first kappa shape index (κ1) is 61.2. The van der Waals surface area contributed by atoms with Crippen molar-refractivity contribution >= 4 is 48.9 Å². The molecular formula is C65H80N10S4. The Morgan fingerprint density at radius 2 is 0.519 bits per heavy atom. The van der Waals surface area contributed by atoms with E-state index in [0.29, 0.717) is 48.7 Å². The fourth-order valence-electron chi connectivity index (χ4n) is 9.87. The Morgan fingerprint density at radius 1 is 0.304 bits per heavy atom. The van der Waals surface area contributed by atoms with E-state index >= 15 is 0 Å². The molecule has 0 aliphatic heterocycles. The Bertz CT molecular complexity index is 3390. The number of aryl methyl sites for hydroxylation is 5. The lowest BCUT2D eigenvalue weighted by Crippen LogP contribution is -2.00. The van der Waals surface area contributed by atoms with Crippen LogP contribution in [0.3, 0.4) is 0 Å². The summed E-state index contributed by atoms with van der Waals surface area (Å²) >= 11 is 20.2. The lowest BCUT2D eigenvalue weighted by Gasteiger charge is -2.14. The van der Waals surface area contributed by atoms with Crippen LogP contribution in [0.1, 0.15) is 176 Å². The maximum atomic E-state index is 5.05. The predicted molar refractivity (Wildman–Crippen MR) is 340 cm³/mol. The van der Waals surface area contributed by atoms with Gasteiger partial charge in [0.25, 0.3) is 0 Å². The van der Waals surface area contributed by atoms with Crippen LogP contribution in [0.15, 0.2) is 128 Å². The Morgan fingerprint density at radius 3 is 0.696 bits per heavy atom. The molecule has 5 heterocycles. The zero-order chi connectivity index (χ0) is 57.7. The monoisotopic (exact) mass is 1130 g/mol. The topological polar surface area (TPSA) is 155 Å². The van der Waals surface area contributed by atoms with Gasteiger partial charge in [-0.3, -0.25) is 0 Å². The summed E-state index contributed by atoms with van der Waals surface area (Å²) in [5.74, 6) is 1.74. The number of hydrogen-bond acceptors (Lipinski definition) is 5. The van der Waals surface area contributed by atoms with Crippen LogP contribution in [-0.4, -0.2) is 49.8 Å². The summed E-state index contributed by atoms with van der Waals surface area (Å²) < 4.78 is 2.75. The smallest absolute Gasteiger partial charge is 0.174 e. The highest BCUT2D eigenvalue weighted by Crippen LogP contribution is 2.31. The largest absolute Gasteiger partial charge is 0.348 e. The summed E-state index contributed by atoms with van der Waals surface area (Å²) in [7, 11) is 0. The quantitative estimate of drug-likeness (QED) is 0.0624. The molecule has 9 N–H and O–H groups in total. The zero-order valence-corrected chi connectivity index (χ0v) is 51.9. The van der Waals surface area contributed by atoms with E-state index in [-0.39, 0.29) is 0 Å². The van der Waals surface area contributed by atoms with E-state index < -0.39 is 0 Å². The fourth-order valence-corrected chi connectivity index (χ4v) is 10.6. The molecule has 5 atom stereocenters. The number of rotatable bonds is 10. The van der Waals surface area contributed by atoms with Gasteiger partial charge in [-0.15, -0.1) is 0 Å². The van der Waals surface area contributed by atoms with Gasteiger partial charge in [-0.25, -0.2) is 4.98 Å². The summed E-state index contributed by atoms with van der Waals surface area (Å²) in [5.41, 5.74) is 26.0. The van der Waals surface area contributed by atoms with Gasteiger partial charge in [-0.1, -0.05) is 126 Å². The summed E-state index contributed by atoms with van der Waals surface area (Å²) in [4.78, 5) is 32.0. The van der Waals surface area contributed by atoms with Crippen molar-refractivity contribution in [2.24, 2.45) is 0 Å². The summed E-state index contributed by atoms with van der Waals surface area (Å²) in [5, 5.41) is 0. The molecule has 0 fully saturated rings. The van der Waals surface area contributed by atoms with Crippen molar-refractivity contribution in [1.82, 2.24) is 49.8 Å². The fraction of sp³-hybridized carbons (Fsp3) is 0.308. The van der Waals surface area contributed by atoms with Gasteiger partial charge in [-0.05, 0) is 202 Å². The van der Waals surface area contributed by atoms with Crippen LogP contribution in [0.5, 0.6) is 0 Å². The second-order valence-electron chi connectivity index (χ2n) is 20.9. The number of nitrogens with one attached hydrogen (secondary N) is 9. The van der Waals surface area contributed by atoms with Gasteiger partial charge >= 0.3 is 0 Å². The molecule has 414 valence electrons. The first-order valence-electron chi connectivity index (χ1n) is 27.0. The van der Waals surface area contributed by atoms with Crippen LogP contribution in [0, 0.1) is 88.3 Å². The SMILES string of the molecule is Cc1cccc([C@H](C)c2c[nH]c(=S)[nH]2)c1C.Cc1cccc([C@H](C)c2c[nH]c(=S)[nH]2)c1C.Cc1cccc([C@H](C)c2c[nH]c(=S)[nH]2)c1C.Cc1cccc([C@H](C)c2c[nH]c(=S)[nH]2)c1C.Cc1cccc([C@H](C)c2cnc[nH]2)c1C. The molecule has 0 bridgehead atoms. The Kier molecular flexibility index (Phi) is 21.9. The number of imidazole rings is 5. The molecule has 0 saturated heterocycles. The molecule has 5 aromatic heterocycles.